The Hall–Kier alpha value is -0.310. The number of thioether (sulfide) groups is 3. The van der Waals surface area contributed by atoms with E-state index in [0.717, 1.165) is 37.0 Å². The summed E-state index contributed by atoms with van der Waals surface area (Å²) in [6.07, 6.45) is 8.30. The van der Waals surface area contributed by atoms with Crippen molar-refractivity contribution in [1.82, 2.24) is 10.9 Å². The number of carbonyl (C=O) groups is 2. The Morgan fingerprint density at radius 2 is 2.00 bits per heavy atom. The fourth-order valence-electron chi connectivity index (χ4n) is 3.70. The first-order chi connectivity index (χ1) is 13.0. The summed E-state index contributed by atoms with van der Waals surface area (Å²) in [6.45, 7) is 4.03. The van der Waals surface area contributed by atoms with Gasteiger partial charge in [0.2, 0.25) is 5.91 Å². The van der Waals surface area contributed by atoms with Crippen LogP contribution < -0.4 is 10.9 Å². The van der Waals surface area contributed by atoms with Crippen LogP contribution in [0.2, 0.25) is 0 Å². The first-order valence-electron chi connectivity index (χ1n) is 9.60. The number of nitrogens with one attached hydrogen (secondary N) is 2. The number of hydrogen-bond acceptors (Lipinski definition) is 6. The van der Waals surface area contributed by atoms with Crippen LogP contribution >= 0.6 is 46.6 Å². The molecule has 2 aliphatic rings. The Balaban J connectivity index is 1.75. The van der Waals surface area contributed by atoms with Gasteiger partial charge in [-0.2, -0.15) is 0 Å². The molecule has 0 radical (unpaired) electrons. The third-order valence-electron chi connectivity index (χ3n) is 5.17. The first-order valence-corrected chi connectivity index (χ1v) is 13.6. The van der Waals surface area contributed by atoms with Crippen molar-refractivity contribution >= 4 is 58.4 Å². The Morgan fingerprint density at radius 3 is 2.67 bits per heavy atom. The van der Waals surface area contributed by atoms with Gasteiger partial charge in [-0.15, -0.1) is 46.6 Å². The van der Waals surface area contributed by atoms with Crippen molar-refractivity contribution < 1.29 is 9.59 Å². The van der Waals surface area contributed by atoms with Crippen LogP contribution in [-0.4, -0.2) is 29.6 Å². The SMILES string of the molecule is CCCCC(C)C(=O)NNC(=O)c1sc(SC)c2c1CCCC21SCCS1. The van der Waals surface area contributed by atoms with E-state index in [4.69, 9.17) is 0 Å². The molecule has 0 aromatic carbocycles. The number of hydrazine groups is 1. The fourth-order valence-corrected chi connectivity index (χ4v) is 9.57. The van der Waals surface area contributed by atoms with Crippen LogP contribution in [0.4, 0.5) is 0 Å². The highest BCUT2D eigenvalue weighted by Crippen LogP contribution is 2.61. The molecular formula is C19H28N2O2S4. The second-order valence-corrected chi connectivity index (χ2v) is 12.2. The average Bonchev–Trinajstić information content (AvgIpc) is 3.29. The maximum absolute atomic E-state index is 12.9. The van der Waals surface area contributed by atoms with Crippen LogP contribution in [0.3, 0.4) is 0 Å². The van der Waals surface area contributed by atoms with E-state index in [1.165, 1.54) is 33.3 Å². The van der Waals surface area contributed by atoms with Gasteiger partial charge in [-0.3, -0.25) is 20.4 Å². The van der Waals surface area contributed by atoms with Crippen molar-refractivity contribution in [3.63, 3.8) is 0 Å². The normalized spacial score (nSPS) is 18.9. The molecule has 2 amide bonds. The van der Waals surface area contributed by atoms with Gasteiger partial charge in [0.25, 0.3) is 5.91 Å². The summed E-state index contributed by atoms with van der Waals surface area (Å²) < 4.78 is 1.40. The van der Waals surface area contributed by atoms with E-state index in [-0.39, 0.29) is 21.8 Å². The number of unbranched alkanes of at least 4 members (excludes halogenated alkanes) is 1. The second-order valence-electron chi connectivity index (χ2n) is 7.07. The van der Waals surface area contributed by atoms with Gasteiger partial charge in [0.1, 0.15) is 0 Å². The highest BCUT2D eigenvalue weighted by molar-refractivity contribution is 8.20. The molecule has 27 heavy (non-hydrogen) atoms. The minimum Gasteiger partial charge on any atom is -0.273 e. The molecule has 3 rings (SSSR count). The summed E-state index contributed by atoms with van der Waals surface area (Å²) >= 11 is 7.43. The summed E-state index contributed by atoms with van der Waals surface area (Å²) in [5.41, 5.74) is 7.91. The minimum atomic E-state index is -0.169. The highest BCUT2D eigenvalue weighted by atomic mass is 32.2. The Labute approximate surface area is 178 Å². The first kappa shape index (κ1) is 21.4. The molecule has 4 nitrogen and oxygen atoms in total. The van der Waals surface area contributed by atoms with E-state index in [2.05, 4.69) is 24.0 Å². The van der Waals surface area contributed by atoms with Crippen LogP contribution in [0.1, 0.15) is 66.8 Å². The van der Waals surface area contributed by atoms with Crippen molar-refractivity contribution in [3.8, 4) is 0 Å². The lowest BCUT2D eigenvalue weighted by atomic mass is 9.92. The zero-order chi connectivity index (χ0) is 19.4. The molecular weight excluding hydrogens is 416 g/mol. The average molecular weight is 445 g/mol. The second kappa shape index (κ2) is 9.46. The molecule has 1 fully saturated rings. The van der Waals surface area contributed by atoms with Crippen LogP contribution in [0, 0.1) is 5.92 Å². The number of amides is 2. The Kier molecular flexibility index (Phi) is 7.50. The van der Waals surface area contributed by atoms with E-state index in [1.54, 1.807) is 23.1 Å². The molecule has 1 saturated heterocycles. The van der Waals surface area contributed by atoms with Crippen molar-refractivity contribution in [1.29, 1.82) is 0 Å². The third-order valence-corrected chi connectivity index (χ3v) is 11.1. The summed E-state index contributed by atoms with van der Waals surface area (Å²) in [5.74, 6) is 2.00. The zero-order valence-corrected chi connectivity index (χ0v) is 19.4. The van der Waals surface area contributed by atoms with Crippen molar-refractivity contribution in [3.05, 3.63) is 16.0 Å². The van der Waals surface area contributed by atoms with Gasteiger partial charge in [0, 0.05) is 23.0 Å². The van der Waals surface area contributed by atoms with Gasteiger partial charge >= 0.3 is 0 Å². The minimum absolute atomic E-state index is 0.0844. The highest BCUT2D eigenvalue weighted by Gasteiger charge is 2.45. The van der Waals surface area contributed by atoms with Gasteiger partial charge in [-0.25, -0.2) is 0 Å². The topological polar surface area (TPSA) is 58.2 Å². The zero-order valence-electron chi connectivity index (χ0n) is 16.2. The molecule has 1 aliphatic carbocycles. The lowest BCUT2D eigenvalue weighted by molar-refractivity contribution is -0.125. The monoisotopic (exact) mass is 444 g/mol. The van der Waals surface area contributed by atoms with Gasteiger partial charge in [-0.05, 0) is 37.5 Å². The summed E-state index contributed by atoms with van der Waals surface area (Å²) in [5, 5.41) is 0. The van der Waals surface area contributed by atoms with Gasteiger partial charge < -0.3 is 0 Å². The summed E-state index contributed by atoms with van der Waals surface area (Å²) in [6, 6.07) is 0. The third kappa shape index (κ3) is 4.49. The maximum Gasteiger partial charge on any atom is 0.280 e. The quantitative estimate of drug-likeness (QED) is 0.476. The van der Waals surface area contributed by atoms with Crippen LogP contribution in [0.5, 0.6) is 0 Å². The fraction of sp³-hybridized carbons (Fsp3) is 0.684. The summed E-state index contributed by atoms with van der Waals surface area (Å²) in [7, 11) is 0. The number of carbonyl (C=O) groups excluding carboxylic acids is 2. The Bertz CT molecular complexity index is 698. The van der Waals surface area contributed by atoms with Gasteiger partial charge in [-0.1, -0.05) is 26.7 Å². The number of thiophene rings is 1. The molecule has 8 heteroatoms. The molecule has 1 aromatic rings. The molecule has 1 spiro atoms. The van der Waals surface area contributed by atoms with Crippen LogP contribution in [-0.2, 0) is 15.3 Å². The van der Waals surface area contributed by atoms with Crippen molar-refractivity contribution in [2.75, 3.05) is 17.8 Å². The molecule has 1 atom stereocenters. The molecule has 150 valence electrons. The van der Waals surface area contributed by atoms with Crippen LogP contribution in [0.25, 0.3) is 0 Å². The maximum atomic E-state index is 12.9. The van der Waals surface area contributed by atoms with Gasteiger partial charge in [0.05, 0.1) is 13.2 Å². The predicted octanol–water partition coefficient (Wildman–Crippen LogP) is 5.03. The van der Waals surface area contributed by atoms with E-state index in [1.807, 2.05) is 30.4 Å². The number of hydrogen-bond donors (Lipinski definition) is 2. The summed E-state index contributed by atoms with van der Waals surface area (Å²) in [4.78, 5) is 25.8. The van der Waals surface area contributed by atoms with E-state index >= 15 is 0 Å². The molecule has 1 aromatic heterocycles. The van der Waals surface area contributed by atoms with Gasteiger partial charge in [0.15, 0.2) is 0 Å². The van der Waals surface area contributed by atoms with Crippen LogP contribution in [0.15, 0.2) is 4.21 Å². The molecule has 1 unspecified atom stereocenters. The molecule has 0 saturated carbocycles. The number of fused-ring (bicyclic) bond motifs is 2. The molecule has 0 bridgehead atoms. The predicted molar refractivity (Wildman–Crippen MR) is 120 cm³/mol. The lowest BCUT2D eigenvalue weighted by Crippen LogP contribution is -2.44. The molecule has 1 aliphatic heterocycles. The van der Waals surface area contributed by atoms with E-state index in [9.17, 15) is 9.59 Å². The van der Waals surface area contributed by atoms with Crippen molar-refractivity contribution in [2.24, 2.45) is 5.92 Å². The lowest BCUT2D eigenvalue weighted by Gasteiger charge is -2.33. The van der Waals surface area contributed by atoms with E-state index in [0.29, 0.717) is 0 Å². The standard InChI is InChI=1S/C19H28N2O2S4/c1-4-5-7-12(2)16(22)20-21-17(23)15-13-8-6-9-19(25-10-11-26-19)14(13)18(24-3)27-15/h12H,4-11H2,1-3H3,(H,20,22)(H,21,23). The largest absolute Gasteiger partial charge is 0.280 e. The van der Waals surface area contributed by atoms with Crippen molar-refractivity contribution in [2.45, 2.75) is 60.7 Å². The van der Waals surface area contributed by atoms with E-state index < -0.39 is 0 Å². The molecule has 2 N–H and O–H groups in total. The number of rotatable bonds is 6. The Morgan fingerprint density at radius 1 is 1.26 bits per heavy atom. The smallest absolute Gasteiger partial charge is 0.273 e. The molecule has 2 heterocycles.